The van der Waals surface area contributed by atoms with Gasteiger partial charge in [-0.1, -0.05) is 166 Å². The zero-order chi connectivity index (χ0) is 54.6. The first-order chi connectivity index (χ1) is 35.6. The normalized spacial score (nSPS) is 15.6. The van der Waals surface area contributed by atoms with Crippen molar-refractivity contribution in [2.75, 3.05) is 9.80 Å². The molecule has 0 saturated heterocycles. The summed E-state index contributed by atoms with van der Waals surface area (Å²) in [7, 11) is 0. The molecule has 0 bridgehead atoms. The fraction of sp³-hybridized carbons (Fsp3) is 0.270. The molecule has 0 saturated carbocycles. The summed E-state index contributed by atoms with van der Waals surface area (Å²) >= 11 is 1.79. The van der Waals surface area contributed by atoms with E-state index in [4.69, 9.17) is 16.0 Å². The Kier molecular flexibility index (Phi) is 10.4. The summed E-state index contributed by atoms with van der Waals surface area (Å²) in [5, 5.41) is 1.78. The molecule has 9 aromatic rings. The first kappa shape index (κ1) is 42.0. The summed E-state index contributed by atoms with van der Waals surface area (Å²) in [6.45, 7) is 22.0. The van der Waals surface area contributed by atoms with Crippen LogP contribution in [0.25, 0.3) is 43.3 Å². The van der Waals surface area contributed by atoms with Gasteiger partial charge in [0.1, 0.15) is 11.3 Å². The minimum absolute atomic E-state index is 0.0115. The minimum atomic E-state index is -5.06. The number of thiophene rings is 1. The Labute approximate surface area is 427 Å². The molecule has 10 rings (SSSR count). The van der Waals surface area contributed by atoms with Crippen LogP contribution >= 0.6 is 11.3 Å². The standard InChI is InChI=1S/C63H61F3N2O2S/c1-59(2,3)44-23-26-46(27-24-44)67(47-28-29-51-55(39-47)71-58-57(51)61(7,8)31-32-62(58,9)10)48-36-49(38-50(37-48)70-63(64,65)66)68(53-30-25-45(60(4,5)6)35-52(53)41-19-15-12-16-20-41)56-34-43-22-21-42(33-54(43)69-56)40-17-13-11-14-18-40/h11-30,33-39H,31-32H2,1-10H3/i11D,13D,14D,17D,18D. The summed E-state index contributed by atoms with van der Waals surface area (Å²) in [5.41, 5.74) is 7.99. The largest absolute Gasteiger partial charge is 0.573 e. The Morgan fingerprint density at radius 1 is 0.592 bits per heavy atom. The SMILES string of the molecule is [2H]c1c([2H])c([2H])c(-c2ccc3cc(N(c4cc(OC(F)(F)F)cc(N(c5ccc(C(C)(C)C)cc5)c5ccc6c7c(sc6c5)C(C)(C)CCC7(C)C)c4)c4ccc(C(C)(C)C)cc4-c4ccccc4)oc3c2)c([2H])c1[2H]. The van der Waals surface area contributed by atoms with Gasteiger partial charge >= 0.3 is 6.36 Å². The van der Waals surface area contributed by atoms with Gasteiger partial charge < -0.3 is 14.1 Å². The molecule has 2 heterocycles. The molecule has 0 radical (unpaired) electrons. The summed E-state index contributed by atoms with van der Waals surface area (Å²) in [4.78, 5) is 5.14. The molecule has 0 unspecified atom stereocenters. The van der Waals surface area contributed by atoms with E-state index in [1.165, 1.54) is 28.0 Å². The van der Waals surface area contributed by atoms with Crippen LogP contribution in [0, 0.1) is 0 Å². The third kappa shape index (κ3) is 9.47. The predicted molar refractivity (Wildman–Crippen MR) is 291 cm³/mol. The van der Waals surface area contributed by atoms with Crippen molar-refractivity contribution in [2.24, 2.45) is 0 Å². The number of halogens is 3. The zero-order valence-corrected chi connectivity index (χ0v) is 42.7. The second-order valence-electron chi connectivity index (χ2n) is 22.1. The van der Waals surface area contributed by atoms with Crippen LogP contribution in [0.5, 0.6) is 5.75 Å². The van der Waals surface area contributed by atoms with Gasteiger partial charge in [0.25, 0.3) is 0 Å². The fourth-order valence-electron chi connectivity index (χ4n) is 9.92. The van der Waals surface area contributed by atoms with Crippen molar-refractivity contribution in [1.29, 1.82) is 0 Å². The van der Waals surface area contributed by atoms with Crippen LogP contribution in [0.1, 0.15) is 111 Å². The number of rotatable bonds is 9. The van der Waals surface area contributed by atoms with Crippen LogP contribution in [0.15, 0.2) is 168 Å². The first-order valence-corrected chi connectivity index (χ1v) is 24.9. The van der Waals surface area contributed by atoms with E-state index in [-0.39, 0.29) is 50.9 Å². The van der Waals surface area contributed by atoms with Gasteiger partial charge in [-0.15, -0.1) is 24.5 Å². The van der Waals surface area contributed by atoms with E-state index in [9.17, 15) is 13.2 Å². The number of hydrogen-bond acceptors (Lipinski definition) is 5. The van der Waals surface area contributed by atoms with E-state index < -0.39 is 30.2 Å². The van der Waals surface area contributed by atoms with Crippen molar-refractivity contribution in [3.8, 4) is 28.0 Å². The van der Waals surface area contributed by atoms with Crippen LogP contribution in [0.4, 0.5) is 47.5 Å². The maximum absolute atomic E-state index is 14.8. The maximum atomic E-state index is 14.8. The van der Waals surface area contributed by atoms with Crippen molar-refractivity contribution in [2.45, 2.75) is 110 Å². The van der Waals surface area contributed by atoms with Crippen LogP contribution in [-0.2, 0) is 21.7 Å². The molecule has 0 amide bonds. The van der Waals surface area contributed by atoms with Gasteiger partial charge in [0, 0.05) is 50.1 Å². The summed E-state index contributed by atoms with van der Waals surface area (Å²) < 4.78 is 99.8. The molecule has 0 N–H and O–H groups in total. The Hall–Kier alpha value is -6.77. The third-order valence-electron chi connectivity index (χ3n) is 13.9. The van der Waals surface area contributed by atoms with Crippen molar-refractivity contribution < 1.29 is 29.2 Å². The number of hydrogen-bond donors (Lipinski definition) is 0. The van der Waals surface area contributed by atoms with Crippen LogP contribution in [0.2, 0.25) is 0 Å². The third-order valence-corrected chi connectivity index (χ3v) is 15.4. The Morgan fingerprint density at radius 2 is 1.24 bits per heavy atom. The van der Waals surface area contributed by atoms with Crippen molar-refractivity contribution in [3.05, 3.63) is 185 Å². The van der Waals surface area contributed by atoms with Crippen LogP contribution in [-0.4, -0.2) is 6.36 Å². The lowest BCUT2D eigenvalue weighted by atomic mass is 9.66. The molecule has 1 aliphatic rings. The molecule has 2 aromatic heterocycles. The number of ether oxygens (including phenoxy) is 1. The van der Waals surface area contributed by atoms with Gasteiger partial charge in [0.15, 0.2) is 0 Å². The number of alkyl halides is 3. The molecule has 0 spiro atoms. The lowest BCUT2D eigenvalue weighted by Gasteiger charge is -2.39. The average molecular weight is 972 g/mol. The van der Waals surface area contributed by atoms with E-state index in [0.29, 0.717) is 27.9 Å². The fourth-order valence-corrected chi connectivity index (χ4v) is 11.5. The molecule has 0 aliphatic heterocycles. The molecule has 1 aliphatic carbocycles. The van der Waals surface area contributed by atoms with E-state index in [1.807, 2.05) is 65.6 Å². The van der Waals surface area contributed by atoms with Gasteiger partial charge in [-0.25, -0.2) is 0 Å². The summed E-state index contributed by atoms with van der Waals surface area (Å²) in [5.74, 6) is -0.217. The van der Waals surface area contributed by atoms with E-state index in [2.05, 4.69) is 106 Å². The van der Waals surface area contributed by atoms with Crippen LogP contribution in [0.3, 0.4) is 0 Å². The molecule has 71 heavy (non-hydrogen) atoms. The number of benzene rings is 7. The number of furan rings is 1. The summed E-state index contributed by atoms with van der Waals surface area (Å²) in [6, 6.07) is 39.8. The van der Waals surface area contributed by atoms with Crippen molar-refractivity contribution in [1.82, 2.24) is 0 Å². The molecule has 4 nitrogen and oxygen atoms in total. The molecule has 8 heteroatoms. The van der Waals surface area contributed by atoms with E-state index in [0.717, 1.165) is 51.2 Å². The highest BCUT2D eigenvalue weighted by molar-refractivity contribution is 7.19. The molecule has 362 valence electrons. The maximum Gasteiger partial charge on any atom is 0.573 e. The highest BCUT2D eigenvalue weighted by Crippen LogP contribution is 2.54. The number of fused-ring (bicyclic) bond motifs is 4. The Bertz CT molecular complexity index is 3690. The van der Waals surface area contributed by atoms with Gasteiger partial charge in [-0.05, 0) is 122 Å². The summed E-state index contributed by atoms with van der Waals surface area (Å²) in [6.07, 6.45) is -2.95. The molecule has 7 aromatic carbocycles. The van der Waals surface area contributed by atoms with Gasteiger partial charge in [-0.2, -0.15) is 0 Å². The van der Waals surface area contributed by atoms with Crippen molar-refractivity contribution in [3.63, 3.8) is 0 Å². The molecule has 0 atom stereocenters. The molecule has 0 fully saturated rings. The van der Waals surface area contributed by atoms with Crippen LogP contribution < -0.4 is 14.5 Å². The zero-order valence-electron chi connectivity index (χ0n) is 46.9. The monoisotopic (exact) mass is 971 g/mol. The first-order valence-electron chi connectivity index (χ1n) is 26.6. The van der Waals surface area contributed by atoms with E-state index >= 15 is 0 Å². The average Bonchev–Trinajstić information content (AvgIpc) is 3.97. The lowest BCUT2D eigenvalue weighted by molar-refractivity contribution is -0.274. The topological polar surface area (TPSA) is 28.9 Å². The number of anilines is 6. The van der Waals surface area contributed by atoms with Gasteiger partial charge in [0.05, 0.1) is 23.9 Å². The minimum Gasteiger partial charge on any atom is -0.440 e. The smallest absolute Gasteiger partial charge is 0.440 e. The quantitative estimate of drug-likeness (QED) is 0.144. The lowest BCUT2D eigenvalue weighted by Crippen LogP contribution is -2.32. The highest BCUT2D eigenvalue weighted by Gasteiger charge is 2.40. The Balaban J connectivity index is 1.25. The highest BCUT2D eigenvalue weighted by atomic mass is 32.1. The Morgan fingerprint density at radius 3 is 1.92 bits per heavy atom. The van der Waals surface area contributed by atoms with Gasteiger partial charge in [-0.3, -0.25) is 4.90 Å². The molecular formula is C63H61F3N2O2S. The second kappa shape index (κ2) is 17.5. The van der Waals surface area contributed by atoms with Crippen molar-refractivity contribution >= 4 is 66.7 Å². The molecular weight excluding hydrogens is 906 g/mol. The second-order valence-corrected chi connectivity index (χ2v) is 23.2. The van der Waals surface area contributed by atoms with E-state index in [1.54, 1.807) is 40.5 Å². The predicted octanol–water partition coefficient (Wildman–Crippen LogP) is 19.8. The number of nitrogens with zero attached hydrogens (tertiary/aromatic N) is 2. The van der Waals surface area contributed by atoms with Gasteiger partial charge in [0.2, 0.25) is 5.88 Å².